The van der Waals surface area contributed by atoms with E-state index in [1.165, 1.54) is 0 Å². The molecule has 96 valence electrons. The van der Waals surface area contributed by atoms with Crippen molar-refractivity contribution in [3.05, 3.63) is 42.0 Å². The van der Waals surface area contributed by atoms with E-state index in [4.69, 9.17) is 9.47 Å². The highest BCUT2D eigenvalue weighted by atomic mass is 16.5. The molecule has 0 fully saturated rings. The summed E-state index contributed by atoms with van der Waals surface area (Å²) >= 11 is 0. The number of hydrogen-bond acceptors (Lipinski definition) is 4. The van der Waals surface area contributed by atoms with E-state index in [9.17, 15) is 5.11 Å². The first-order valence-electron chi connectivity index (χ1n) is 5.53. The predicted octanol–water partition coefficient (Wildman–Crippen LogP) is 1.52. The second kappa shape index (κ2) is 5.10. The average molecular weight is 248 g/mol. The number of aliphatic hydroxyl groups is 1. The van der Waals surface area contributed by atoms with E-state index in [-0.39, 0.29) is 0 Å². The SMILES string of the molecule is COc1ccc(C(O)c2cn(C)cn2)cc1OC. The van der Waals surface area contributed by atoms with Crippen LogP contribution in [0.25, 0.3) is 0 Å². The molecule has 1 aromatic heterocycles. The number of benzene rings is 1. The molecule has 0 amide bonds. The summed E-state index contributed by atoms with van der Waals surface area (Å²) in [5.74, 6) is 1.22. The summed E-state index contributed by atoms with van der Waals surface area (Å²) in [4.78, 5) is 4.13. The van der Waals surface area contributed by atoms with Gasteiger partial charge in [-0.3, -0.25) is 0 Å². The summed E-state index contributed by atoms with van der Waals surface area (Å²) < 4.78 is 12.2. The first kappa shape index (κ1) is 12.4. The number of imidazole rings is 1. The number of hydrogen-bond donors (Lipinski definition) is 1. The molecule has 2 aromatic rings. The lowest BCUT2D eigenvalue weighted by Crippen LogP contribution is -2.01. The molecule has 0 bridgehead atoms. The van der Waals surface area contributed by atoms with Crippen molar-refractivity contribution in [3.63, 3.8) is 0 Å². The minimum Gasteiger partial charge on any atom is -0.493 e. The second-order valence-corrected chi connectivity index (χ2v) is 3.98. The monoisotopic (exact) mass is 248 g/mol. The minimum atomic E-state index is -0.772. The van der Waals surface area contributed by atoms with Crippen LogP contribution in [0.5, 0.6) is 11.5 Å². The van der Waals surface area contributed by atoms with Crippen LogP contribution in [0.3, 0.4) is 0 Å². The van der Waals surface area contributed by atoms with Crippen LogP contribution in [-0.4, -0.2) is 28.9 Å². The van der Waals surface area contributed by atoms with Crippen LogP contribution >= 0.6 is 0 Å². The highest BCUT2D eigenvalue weighted by Gasteiger charge is 2.15. The van der Waals surface area contributed by atoms with Gasteiger partial charge in [-0.1, -0.05) is 6.07 Å². The molecule has 0 saturated heterocycles. The van der Waals surface area contributed by atoms with E-state index in [0.717, 1.165) is 0 Å². The van der Waals surface area contributed by atoms with E-state index in [1.54, 1.807) is 49.5 Å². The van der Waals surface area contributed by atoms with Gasteiger partial charge in [0.05, 0.1) is 26.2 Å². The lowest BCUT2D eigenvalue weighted by atomic mass is 10.1. The molecule has 0 saturated carbocycles. The zero-order valence-corrected chi connectivity index (χ0v) is 10.6. The summed E-state index contributed by atoms with van der Waals surface area (Å²) in [7, 11) is 5.00. The van der Waals surface area contributed by atoms with Crippen molar-refractivity contribution < 1.29 is 14.6 Å². The molecule has 0 radical (unpaired) electrons. The third-order valence-electron chi connectivity index (χ3n) is 2.73. The van der Waals surface area contributed by atoms with Crippen LogP contribution in [0.1, 0.15) is 17.4 Å². The summed E-state index contributed by atoms with van der Waals surface area (Å²) in [5, 5.41) is 10.2. The largest absolute Gasteiger partial charge is 0.493 e. The minimum absolute atomic E-state index is 0.588. The van der Waals surface area contributed by atoms with Crippen molar-refractivity contribution in [2.24, 2.45) is 7.05 Å². The average Bonchev–Trinajstić information content (AvgIpc) is 2.83. The molecule has 18 heavy (non-hydrogen) atoms. The number of ether oxygens (including phenoxy) is 2. The van der Waals surface area contributed by atoms with Gasteiger partial charge in [-0.2, -0.15) is 0 Å². The first-order chi connectivity index (χ1) is 8.65. The lowest BCUT2D eigenvalue weighted by Gasteiger charge is -2.12. The van der Waals surface area contributed by atoms with Crippen molar-refractivity contribution in [2.75, 3.05) is 14.2 Å². The Labute approximate surface area is 106 Å². The van der Waals surface area contributed by atoms with Gasteiger partial charge in [0.25, 0.3) is 0 Å². The molecular formula is C13H16N2O3. The Morgan fingerprint density at radius 3 is 2.50 bits per heavy atom. The molecule has 1 unspecified atom stereocenters. The fourth-order valence-electron chi connectivity index (χ4n) is 1.77. The molecule has 0 aliphatic heterocycles. The van der Waals surface area contributed by atoms with Crippen molar-refractivity contribution in [1.29, 1.82) is 0 Å². The van der Waals surface area contributed by atoms with Gasteiger partial charge in [-0.15, -0.1) is 0 Å². The smallest absolute Gasteiger partial charge is 0.161 e. The Kier molecular flexibility index (Phi) is 3.53. The fraction of sp³-hybridized carbons (Fsp3) is 0.308. The standard InChI is InChI=1S/C13H16N2O3/c1-15-7-10(14-8-15)13(16)9-4-5-11(17-2)12(6-9)18-3/h4-8,13,16H,1-3H3. The van der Waals surface area contributed by atoms with E-state index in [1.807, 2.05) is 7.05 Å². The Balaban J connectivity index is 2.33. The molecule has 1 aromatic carbocycles. The molecule has 1 atom stereocenters. The molecule has 5 heteroatoms. The molecule has 2 rings (SSSR count). The van der Waals surface area contributed by atoms with Crippen molar-refractivity contribution in [3.8, 4) is 11.5 Å². The lowest BCUT2D eigenvalue weighted by molar-refractivity contribution is 0.215. The maximum Gasteiger partial charge on any atom is 0.161 e. The van der Waals surface area contributed by atoms with Gasteiger partial charge in [0.2, 0.25) is 0 Å². The zero-order chi connectivity index (χ0) is 13.1. The van der Waals surface area contributed by atoms with Crippen LogP contribution in [0.15, 0.2) is 30.7 Å². The van der Waals surface area contributed by atoms with E-state index < -0.39 is 6.10 Å². The number of nitrogens with zero attached hydrogens (tertiary/aromatic N) is 2. The van der Waals surface area contributed by atoms with Gasteiger partial charge < -0.3 is 19.1 Å². The van der Waals surface area contributed by atoms with Crippen LogP contribution in [-0.2, 0) is 7.05 Å². The van der Waals surface area contributed by atoms with Gasteiger partial charge in [-0.25, -0.2) is 4.98 Å². The summed E-state index contributed by atoms with van der Waals surface area (Å²) in [6, 6.07) is 5.30. The zero-order valence-electron chi connectivity index (χ0n) is 10.6. The first-order valence-corrected chi connectivity index (χ1v) is 5.53. The highest BCUT2D eigenvalue weighted by molar-refractivity contribution is 5.44. The van der Waals surface area contributed by atoms with Gasteiger partial charge in [-0.05, 0) is 17.7 Å². The maximum absolute atomic E-state index is 10.2. The predicted molar refractivity (Wildman–Crippen MR) is 66.8 cm³/mol. The van der Waals surface area contributed by atoms with Gasteiger partial charge in [0, 0.05) is 13.2 Å². The van der Waals surface area contributed by atoms with Crippen LogP contribution in [0.4, 0.5) is 0 Å². The molecule has 5 nitrogen and oxygen atoms in total. The summed E-state index contributed by atoms with van der Waals surface area (Å²) in [6.07, 6.45) is 2.66. The van der Waals surface area contributed by atoms with Crippen molar-refractivity contribution in [2.45, 2.75) is 6.10 Å². The van der Waals surface area contributed by atoms with Crippen LogP contribution < -0.4 is 9.47 Å². The van der Waals surface area contributed by atoms with E-state index >= 15 is 0 Å². The maximum atomic E-state index is 10.2. The van der Waals surface area contributed by atoms with Crippen LogP contribution in [0, 0.1) is 0 Å². The number of aryl methyl sites for hydroxylation is 1. The van der Waals surface area contributed by atoms with Crippen molar-refractivity contribution in [1.82, 2.24) is 9.55 Å². The van der Waals surface area contributed by atoms with Gasteiger partial charge in [0.1, 0.15) is 6.10 Å². The molecule has 0 spiro atoms. The fourth-order valence-corrected chi connectivity index (χ4v) is 1.77. The number of aromatic nitrogens is 2. The number of rotatable bonds is 4. The Bertz CT molecular complexity index is 537. The molecule has 0 aliphatic carbocycles. The van der Waals surface area contributed by atoms with Gasteiger partial charge in [0.15, 0.2) is 11.5 Å². The summed E-state index contributed by atoms with van der Waals surface area (Å²) in [5.41, 5.74) is 1.32. The molecule has 0 aliphatic rings. The van der Waals surface area contributed by atoms with Gasteiger partial charge >= 0.3 is 0 Å². The van der Waals surface area contributed by atoms with E-state index in [2.05, 4.69) is 4.98 Å². The molecular weight excluding hydrogens is 232 g/mol. The topological polar surface area (TPSA) is 56.5 Å². The quantitative estimate of drug-likeness (QED) is 0.891. The number of aliphatic hydroxyl groups excluding tert-OH is 1. The molecule has 1 heterocycles. The summed E-state index contributed by atoms with van der Waals surface area (Å²) in [6.45, 7) is 0. The third-order valence-corrected chi connectivity index (χ3v) is 2.73. The molecule has 1 N–H and O–H groups in total. The Morgan fingerprint density at radius 2 is 1.94 bits per heavy atom. The van der Waals surface area contributed by atoms with E-state index in [0.29, 0.717) is 22.8 Å². The highest BCUT2D eigenvalue weighted by Crippen LogP contribution is 2.31. The second-order valence-electron chi connectivity index (χ2n) is 3.98. The Morgan fingerprint density at radius 1 is 1.22 bits per heavy atom. The van der Waals surface area contributed by atoms with Crippen molar-refractivity contribution >= 4 is 0 Å². The normalized spacial score (nSPS) is 12.2. The van der Waals surface area contributed by atoms with Crippen LogP contribution in [0.2, 0.25) is 0 Å². The Hall–Kier alpha value is -2.01. The third kappa shape index (κ3) is 2.31. The number of methoxy groups -OCH3 is 2.